The molecule has 27 heavy (non-hydrogen) atoms. The van der Waals surface area contributed by atoms with Crippen LogP contribution in [-0.4, -0.2) is 17.4 Å². The van der Waals surface area contributed by atoms with Crippen LogP contribution in [0, 0.1) is 5.92 Å². The van der Waals surface area contributed by atoms with E-state index in [-0.39, 0.29) is 29.8 Å². The molecule has 0 saturated carbocycles. The van der Waals surface area contributed by atoms with E-state index in [4.69, 9.17) is 5.73 Å². The molecule has 146 valence electrons. The summed E-state index contributed by atoms with van der Waals surface area (Å²) in [6.45, 7) is 7.51. The Balaban J connectivity index is 0.00000364. The molecule has 0 aromatic heterocycles. The summed E-state index contributed by atoms with van der Waals surface area (Å²) in [6, 6.07) is 16.0. The first-order valence-electron chi connectivity index (χ1n) is 8.72. The van der Waals surface area contributed by atoms with Crippen LogP contribution in [0.5, 0.6) is 0 Å². The molecule has 0 bridgehead atoms. The second-order valence-electron chi connectivity index (χ2n) is 7.46. The second-order valence-corrected chi connectivity index (χ2v) is 7.46. The smallest absolute Gasteiger partial charge is 0.253 e. The molecular weight excluding hydrogens is 362 g/mol. The lowest BCUT2D eigenvalue weighted by molar-refractivity contribution is -0.120. The Labute approximate surface area is 167 Å². The molecule has 0 heterocycles. The number of rotatable bonds is 5. The number of carbonyl (C=O) groups excluding carboxylic acids is 2. The van der Waals surface area contributed by atoms with E-state index in [0.29, 0.717) is 11.3 Å². The summed E-state index contributed by atoms with van der Waals surface area (Å²) in [5.41, 5.74) is 7.67. The van der Waals surface area contributed by atoms with Crippen LogP contribution in [0.3, 0.4) is 0 Å². The monoisotopic (exact) mass is 389 g/mol. The summed E-state index contributed by atoms with van der Waals surface area (Å²) in [4.78, 5) is 25.2. The Bertz CT molecular complexity index is 772. The molecule has 2 aromatic rings. The Morgan fingerprint density at radius 1 is 0.963 bits per heavy atom. The summed E-state index contributed by atoms with van der Waals surface area (Å²) in [5.74, 6) is -0.901. The predicted octanol–water partition coefficient (Wildman–Crippen LogP) is 3.91. The maximum atomic E-state index is 12.7. The molecule has 2 amide bonds. The van der Waals surface area contributed by atoms with Gasteiger partial charge >= 0.3 is 0 Å². The highest BCUT2D eigenvalue weighted by atomic mass is 35.5. The van der Waals surface area contributed by atoms with Crippen LogP contribution < -0.4 is 16.4 Å². The van der Waals surface area contributed by atoms with E-state index in [1.165, 1.54) is 0 Å². The van der Waals surface area contributed by atoms with Gasteiger partial charge in [0, 0.05) is 11.6 Å². The van der Waals surface area contributed by atoms with Crippen molar-refractivity contribution in [2.24, 2.45) is 11.7 Å². The Hall–Kier alpha value is -2.37. The molecule has 4 N–H and O–H groups in total. The average molecular weight is 390 g/mol. The fourth-order valence-corrected chi connectivity index (χ4v) is 2.57. The molecule has 2 aromatic carbocycles. The van der Waals surface area contributed by atoms with Crippen LogP contribution in [0.25, 0.3) is 0 Å². The van der Waals surface area contributed by atoms with Gasteiger partial charge in [0.25, 0.3) is 5.91 Å². The van der Waals surface area contributed by atoms with Gasteiger partial charge in [-0.15, -0.1) is 12.4 Å². The quantitative estimate of drug-likeness (QED) is 0.724. The average Bonchev–Trinajstić information content (AvgIpc) is 2.60. The van der Waals surface area contributed by atoms with Crippen molar-refractivity contribution in [3.8, 4) is 0 Å². The van der Waals surface area contributed by atoms with E-state index in [0.717, 1.165) is 5.56 Å². The van der Waals surface area contributed by atoms with Gasteiger partial charge in [-0.2, -0.15) is 0 Å². The third-order valence-corrected chi connectivity index (χ3v) is 4.05. The highest BCUT2D eigenvalue weighted by molar-refractivity contribution is 6.04. The molecule has 2 atom stereocenters. The number of carbonyl (C=O) groups is 2. The zero-order chi connectivity index (χ0) is 19.3. The molecule has 0 spiro atoms. The van der Waals surface area contributed by atoms with Crippen molar-refractivity contribution in [1.29, 1.82) is 0 Å². The summed E-state index contributed by atoms with van der Waals surface area (Å²) < 4.78 is 0. The number of nitrogens with one attached hydrogen (secondary N) is 2. The van der Waals surface area contributed by atoms with Crippen molar-refractivity contribution in [3.05, 3.63) is 65.7 Å². The first-order valence-corrected chi connectivity index (χ1v) is 8.72. The van der Waals surface area contributed by atoms with Crippen LogP contribution in [0.4, 0.5) is 5.69 Å². The molecule has 5 nitrogen and oxygen atoms in total. The molecule has 6 heteroatoms. The van der Waals surface area contributed by atoms with E-state index >= 15 is 0 Å². The third-order valence-electron chi connectivity index (χ3n) is 4.05. The second kappa shape index (κ2) is 9.53. The van der Waals surface area contributed by atoms with Gasteiger partial charge in [0.1, 0.15) is 0 Å². The zero-order valence-corrected chi connectivity index (χ0v) is 17.0. The first-order chi connectivity index (χ1) is 12.2. The minimum atomic E-state index is -0.448. The highest BCUT2D eigenvalue weighted by Crippen LogP contribution is 2.22. The van der Waals surface area contributed by atoms with Crippen molar-refractivity contribution in [3.63, 3.8) is 0 Å². The number of anilines is 1. The van der Waals surface area contributed by atoms with Gasteiger partial charge in [0.05, 0.1) is 17.2 Å². The highest BCUT2D eigenvalue weighted by Gasteiger charge is 2.24. The van der Waals surface area contributed by atoms with E-state index in [2.05, 4.69) is 10.6 Å². The number of amides is 2. The van der Waals surface area contributed by atoms with E-state index in [1.54, 1.807) is 31.2 Å². The van der Waals surface area contributed by atoms with Gasteiger partial charge in [0.2, 0.25) is 5.91 Å². The fraction of sp³-hybridized carbons (Fsp3) is 0.333. The van der Waals surface area contributed by atoms with Crippen LogP contribution in [-0.2, 0) is 4.79 Å². The molecule has 0 aliphatic carbocycles. The molecule has 0 radical (unpaired) electrons. The van der Waals surface area contributed by atoms with Crippen LogP contribution >= 0.6 is 12.4 Å². The van der Waals surface area contributed by atoms with Gasteiger partial charge < -0.3 is 16.4 Å². The molecular formula is C21H28ClN3O2. The lowest BCUT2D eigenvalue weighted by Crippen LogP contribution is -2.41. The third kappa shape index (κ3) is 6.38. The Morgan fingerprint density at radius 2 is 1.52 bits per heavy atom. The summed E-state index contributed by atoms with van der Waals surface area (Å²) in [5, 5.41) is 5.76. The minimum absolute atomic E-state index is 0. The first kappa shape index (κ1) is 22.7. The molecule has 0 aliphatic heterocycles. The maximum absolute atomic E-state index is 12.7. The normalized spacial score (nSPS) is 13.1. The number of benzene rings is 2. The molecule has 2 unspecified atom stereocenters. The predicted molar refractivity (Wildman–Crippen MR) is 112 cm³/mol. The molecule has 0 aliphatic rings. The van der Waals surface area contributed by atoms with Crippen molar-refractivity contribution >= 4 is 29.9 Å². The van der Waals surface area contributed by atoms with Gasteiger partial charge in [-0.25, -0.2) is 0 Å². The van der Waals surface area contributed by atoms with Gasteiger partial charge in [-0.1, -0.05) is 49.4 Å². The number of hydrogen-bond acceptors (Lipinski definition) is 3. The largest absolute Gasteiger partial charge is 0.347 e. The fourth-order valence-electron chi connectivity index (χ4n) is 2.57. The van der Waals surface area contributed by atoms with Crippen LogP contribution in [0.1, 0.15) is 49.7 Å². The number of hydrogen-bond donors (Lipinski definition) is 3. The van der Waals surface area contributed by atoms with E-state index in [1.807, 2.05) is 51.1 Å². The van der Waals surface area contributed by atoms with E-state index < -0.39 is 12.0 Å². The van der Waals surface area contributed by atoms with Crippen molar-refractivity contribution < 1.29 is 9.59 Å². The lowest BCUT2D eigenvalue weighted by atomic mass is 9.94. The van der Waals surface area contributed by atoms with Crippen LogP contribution in [0.15, 0.2) is 54.6 Å². The summed E-state index contributed by atoms with van der Waals surface area (Å²) in [7, 11) is 0. The van der Waals surface area contributed by atoms with Crippen molar-refractivity contribution in [2.45, 2.75) is 39.3 Å². The number of para-hydroxylation sites is 1. The molecule has 2 rings (SSSR count). The SMILES string of the molecule is CC(C(=O)Nc1ccccc1C(=O)NC(C)(C)C)C(N)c1ccccc1.Cl. The summed E-state index contributed by atoms with van der Waals surface area (Å²) in [6.07, 6.45) is 0. The Morgan fingerprint density at radius 3 is 2.11 bits per heavy atom. The maximum Gasteiger partial charge on any atom is 0.253 e. The topological polar surface area (TPSA) is 84.2 Å². The molecule has 0 fully saturated rings. The van der Waals surface area contributed by atoms with Crippen molar-refractivity contribution in [1.82, 2.24) is 5.32 Å². The van der Waals surface area contributed by atoms with E-state index in [9.17, 15) is 9.59 Å². The zero-order valence-electron chi connectivity index (χ0n) is 16.2. The number of nitrogens with two attached hydrogens (primary N) is 1. The van der Waals surface area contributed by atoms with Gasteiger partial charge in [0.15, 0.2) is 0 Å². The molecule has 0 saturated heterocycles. The standard InChI is InChI=1S/C21H27N3O2.ClH/c1-14(18(22)15-10-6-5-7-11-15)19(25)23-17-13-9-8-12-16(17)20(26)24-21(2,3)4;/h5-14,18H,22H2,1-4H3,(H,23,25)(H,24,26);1H. The van der Waals surface area contributed by atoms with Gasteiger partial charge in [-0.3, -0.25) is 9.59 Å². The summed E-state index contributed by atoms with van der Waals surface area (Å²) >= 11 is 0. The minimum Gasteiger partial charge on any atom is -0.347 e. The van der Waals surface area contributed by atoms with Gasteiger partial charge in [-0.05, 0) is 38.5 Å². The Kier molecular flexibility index (Phi) is 8.00. The lowest BCUT2D eigenvalue weighted by Gasteiger charge is -2.23. The van der Waals surface area contributed by atoms with Crippen LogP contribution in [0.2, 0.25) is 0 Å². The number of halogens is 1. The van der Waals surface area contributed by atoms with Crippen molar-refractivity contribution in [2.75, 3.05) is 5.32 Å².